The Labute approximate surface area is 132 Å². The minimum absolute atomic E-state index is 0.0820. The third-order valence-electron chi connectivity index (χ3n) is 2.66. The number of halogens is 2. The zero-order chi connectivity index (χ0) is 15.1. The number of aromatic nitrogens is 2. The van der Waals surface area contributed by atoms with Crippen molar-refractivity contribution >= 4 is 35.1 Å². The molecular formula is C14H14Cl2N4O. The molecule has 0 spiro atoms. The highest BCUT2D eigenvalue weighted by Crippen LogP contribution is 2.18. The molecule has 0 aliphatic carbocycles. The molecule has 110 valence electrons. The number of hydrogen-bond acceptors (Lipinski definition) is 4. The van der Waals surface area contributed by atoms with Gasteiger partial charge in [-0.05, 0) is 18.6 Å². The normalized spacial score (nSPS) is 10.2. The second-order valence-electron chi connectivity index (χ2n) is 4.23. The first-order valence-corrected chi connectivity index (χ1v) is 7.17. The maximum atomic E-state index is 11.8. The molecule has 0 bridgehead atoms. The van der Waals surface area contributed by atoms with Gasteiger partial charge in [-0.25, -0.2) is 4.98 Å². The quantitative estimate of drug-likeness (QED) is 0.633. The van der Waals surface area contributed by atoms with Crippen LogP contribution in [0.4, 0.5) is 5.95 Å². The Kier molecular flexibility index (Phi) is 5.78. The lowest BCUT2D eigenvalue weighted by Gasteiger charge is -2.07. The van der Waals surface area contributed by atoms with Crippen molar-refractivity contribution < 1.29 is 4.79 Å². The third kappa shape index (κ3) is 4.88. The summed E-state index contributed by atoms with van der Waals surface area (Å²) in [7, 11) is 0. The van der Waals surface area contributed by atoms with Gasteiger partial charge in [-0.3, -0.25) is 4.79 Å². The van der Waals surface area contributed by atoms with Crippen molar-refractivity contribution in [2.24, 2.45) is 0 Å². The van der Waals surface area contributed by atoms with Gasteiger partial charge in [0.2, 0.25) is 5.95 Å². The first-order chi connectivity index (χ1) is 10.2. The average Bonchev–Trinajstić information content (AvgIpc) is 2.51. The van der Waals surface area contributed by atoms with E-state index in [2.05, 4.69) is 20.6 Å². The van der Waals surface area contributed by atoms with Gasteiger partial charge in [0.25, 0.3) is 5.91 Å². The van der Waals surface area contributed by atoms with Crippen molar-refractivity contribution in [2.45, 2.75) is 6.42 Å². The van der Waals surface area contributed by atoms with Gasteiger partial charge in [-0.15, -0.1) is 0 Å². The summed E-state index contributed by atoms with van der Waals surface area (Å²) < 4.78 is 0. The zero-order valence-corrected chi connectivity index (χ0v) is 12.7. The van der Waals surface area contributed by atoms with E-state index in [0.29, 0.717) is 29.6 Å². The van der Waals surface area contributed by atoms with Crippen molar-refractivity contribution in [1.82, 2.24) is 15.3 Å². The van der Waals surface area contributed by atoms with Crippen molar-refractivity contribution in [2.75, 3.05) is 18.4 Å². The van der Waals surface area contributed by atoms with Gasteiger partial charge >= 0.3 is 0 Å². The SMILES string of the molecule is O=C(NCCCNc1ncc(Cl)c(Cl)n1)c1ccccc1. The topological polar surface area (TPSA) is 66.9 Å². The van der Waals surface area contributed by atoms with E-state index in [0.717, 1.165) is 6.42 Å². The zero-order valence-electron chi connectivity index (χ0n) is 11.1. The molecule has 0 fully saturated rings. The molecule has 1 aromatic heterocycles. The highest BCUT2D eigenvalue weighted by molar-refractivity contribution is 6.41. The maximum Gasteiger partial charge on any atom is 0.251 e. The Balaban J connectivity index is 1.68. The molecule has 0 aliphatic rings. The molecule has 1 amide bonds. The summed E-state index contributed by atoms with van der Waals surface area (Å²) in [4.78, 5) is 19.7. The van der Waals surface area contributed by atoms with Crippen LogP contribution in [0.15, 0.2) is 36.5 Å². The van der Waals surface area contributed by atoms with Gasteiger partial charge in [0, 0.05) is 18.7 Å². The second kappa shape index (κ2) is 7.81. The van der Waals surface area contributed by atoms with Crippen LogP contribution >= 0.6 is 23.2 Å². The lowest BCUT2D eigenvalue weighted by Crippen LogP contribution is -2.25. The van der Waals surface area contributed by atoms with E-state index in [4.69, 9.17) is 23.2 Å². The molecule has 2 rings (SSSR count). The van der Waals surface area contributed by atoms with Crippen molar-refractivity contribution in [3.8, 4) is 0 Å². The Morgan fingerprint density at radius 3 is 2.62 bits per heavy atom. The van der Waals surface area contributed by atoms with Crippen molar-refractivity contribution in [3.63, 3.8) is 0 Å². The van der Waals surface area contributed by atoms with E-state index in [9.17, 15) is 4.79 Å². The number of hydrogen-bond donors (Lipinski definition) is 2. The van der Waals surface area contributed by atoms with E-state index >= 15 is 0 Å². The smallest absolute Gasteiger partial charge is 0.251 e. The largest absolute Gasteiger partial charge is 0.354 e. The number of nitrogens with zero attached hydrogens (tertiary/aromatic N) is 2. The molecule has 0 aliphatic heterocycles. The van der Waals surface area contributed by atoms with Gasteiger partial charge in [-0.1, -0.05) is 41.4 Å². The number of benzene rings is 1. The van der Waals surface area contributed by atoms with Crippen LogP contribution in [0.3, 0.4) is 0 Å². The van der Waals surface area contributed by atoms with Crippen LogP contribution in [0.2, 0.25) is 10.2 Å². The summed E-state index contributed by atoms with van der Waals surface area (Å²) in [6, 6.07) is 9.09. The number of rotatable bonds is 6. The van der Waals surface area contributed by atoms with Crippen LogP contribution < -0.4 is 10.6 Å². The molecule has 0 unspecified atom stereocenters. The summed E-state index contributed by atoms with van der Waals surface area (Å²) in [5, 5.41) is 6.38. The molecule has 21 heavy (non-hydrogen) atoms. The first-order valence-electron chi connectivity index (χ1n) is 6.42. The van der Waals surface area contributed by atoms with Crippen LogP contribution in [0.25, 0.3) is 0 Å². The van der Waals surface area contributed by atoms with E-state index in [1.807, 2.05) is 18.2 Å². The number of nitrogens with one attached hydrogen (secondary N) is 2. The third-order valence-corrected chi connectivity index (χ3v) is 3.32. The fourth-order valence-corrected chi connectivity index (χ4v) is 1.83. The monoisotopic (exact) mass is 324 g/mol. The van der Waals surface area contributed by atoms with Crippen LogP contribution in [0, 0.1) is 0 Å². The van der Waals surface area contributed by atoms with E-state index in [1.165, 1.54) is 6.20 Å². The van der Waals surface area contributed by atoms with E-state index in [1.54, 1.807) is 12.1 Å². The van der Waals surface area contributed by atoms with Gasteiger partial charge in [0.05, 0.1) is 11.2 Å². The van der Waals surface area contributed by atoms with Crippen LogP contribution in [0.5, 0.6) is 0 Å². The molecular weight excluding hydrogens is 311 g/mol. The van der Waals surface area contributed by atoms with Crippen molar-refractivity contribution in [1.29, 1.82) is 0 Å². The molecule has 1 aromatic carbocycles. The fourth-order valence-electron chi connectivity index (χ4n) is 1.61. The van der Waals surface area contributed by atoms with Gasteiger partial charge in [-0.2, -0.15) is 4.98 Å². The van der Waals surface area contributed by atoms with E-state index in [-0.39, 0.29) is 11.1 Å². The summed E-state index contributed by atoms with van der Waals surface area (Å²) in [6.45, 7) is 1.18. The fraction of sp³-hybridized carbons (Fsp3) is 0.214. The molecule has 1 heterocycles. The predicted octanol–water partition coefficient (Wildman–Crippen LogP) is 3.02. The summed E-state index contributed by atoms with van der Waals surface area (Å²) >= 11 is 11.5. The van der Waals surface area contributed by atoms with Gasteiger partial charge in [0.15, 0.2) is 5.15 Å². The number of amides is 1. The molecule has 2 N–H and O–H groups in total. The Hall–Kier alpha value is -1.85. The molecule has 0 saturated carbocycles. The number of carbonyl (C=O) groups is 1. The summed E-state index contributed by atoms with van der Waals surface area (Å²) in [5.41, 5.74) is 0.651. The molecule has 0 saturated heterocycles. The standard InChI is InChI=1S/C14H14Cl2N4O/c15-11-9-19-14(20-12(11)16)18-8-4-7-17-13(21)10-5-2-1-3-6-10/h1-3,5-6,9H,4,7-8H2,(H,17,21)(H,18,19,20). The molecule has 5 nitrogen and oxygen atoms in total. The Morgan fingerprint density at radius 2 is 1.90 bits per heavy atom. The molecule has 7 heteroatoms. The molecule has 0 atom stereocenters. The Bertz CT molecular complexity index is 607. The minimum Gasteiger partial charge on any atom is -0.354 e. The average molecular weight is 325 g/mol. The van der Waals surface area contributed by atoms with Gasteiger partial charge in [0.1, 0.15) is 0 Å². The second-order valence-corrected chi connectivity index (χ2v) is 5.00. The number of carbonyl (C=O) groups excluding carboxylic acids is 1. The lowest BCUT2D eigenvalue weighted by atomic mass is 10.2. The minimum atomic E-state index is -0.0820. The van der Waals surface area contributed by atoms with Crippen molar-refractivity contribution in [3.05, 3.63) is 52.3 Å². The summed E-state index contributed by atoms with van der Waals surface area (Å²) in [5.74, 6) is 0.333. The van der Waals surface area contributed by atoms with Gasteiger partial charge < -0.3 is 10.6 Å². The maximum absolute atomic E-state index is 11.8. The van der Waals surface area contributed by atoms with Crippen LogP contribution in [0.1, 0.15) is 16.8 Å². The molecule has 0 radical (unpaired) electrons. The number of anilines is 1. The highest BCUT2D eigenvalue weighted by Gasteiger charge is 2.04. The molecule has 2 aromatic rings. The first kappa shape index (κ1) is 15.5. The summed E-state index contributed by atoms with van der Waals surface area (Å²) in [6.07, 6.45) is 2.18. The van der Waals surface area contributed by atoms with Crippen LogP contribution in [-0.2, 0) is 0 Å². The Morgan fingerprint density at radius 1 is 1.14 bits per heavy atom. The predicted molar refractivity (Wildman–Crippen MR) is 83.9 cm³/mol. The van der Waals surface area contributed by atoms with Crippen LogP contribution in [-0.4, -0.2) is 29.0 Å². The lowest BCUT2D eigenvalue weighted by molar-refractivity contribution is 0.0953. The highest BCUT2D eigenvalue weighted by atomic mass is 35.5. The van der Waals surface area contributed by atoms with E-state index < -0.39 is 0 Å².